The molecule has 4 heteroatoms. The van der Waals surface area contributed by atoms with E-state index in [1.165, 1.54) is 6.07 Å². The van der Waals surface area contributed by atoms with Crippen LogP contribution in [0.1, 0.15) is 12.5 Å². The number of benzene rings is 1. The van der Waals surface area contributed by atoms with Crippen LogP contribution in [-0.2, 0) is 6.54 Å². The lowest BCUT2D eigenvalue weighted by Crippen LogP contribution is -1.92. The molecular weight excluding hydrogens is 205 g/mol. The molecule has 0 spiro atoms. The molecule has 3 nitrogen and oxygen atoms in total. The number of aryl methyl sites for hydroxylation is 1. The minimum absolute atomic E-state index is 0.323. The largest absolute Gasteiger partial charge is 0.272 e. The third kappa shape index (κ3) is 1.80. The van der Waals surface area contributed by atoms with Crippen LogP contribution in [-0.4, -0.2) is 9.78 Å². The molecule has 1 heterocycles. The summed E-state index contributed by atoms with van der Waals surface area (Å²) < 4.78 is 15.4. The highest BCUT2D eigenvalue weighted by molar-refractivity contribution is 5.63. The SMILES string of the molecule is CCn1cc(-c2ccc(C#N)cc2F)cn1. The van der Waals surface area contributed by atoms with E-state index in [0.29, 0.717) is 11.1 Å². The van der Waals surface area contributed by atoms with Crippen molar-refractivity contribution >= 4 is 0 Å². The summed E-state index contributed by atoms with van der Waals surface area (Å²) in [5.74, 6) is -0.394. The molecule has 0 saturated heterocycles. The summed E-state index contributed by atoms with van der Waals surface area (Å²) in [6.07, 6.45) is 3.40. The number of nitriles is 1. The van der Waals surface area contributed by atoms with Crippen LogP contribution in [0.2, 0.25) is 0 Å². The minimum Gasteiger partial charge on any atom is -0.272 e. The molecule has 2 rings (SSSR count). The first-order chi connectivity index (χ1) is 7.74. The predicted molar refractivity (Wildman–Crippen MR) is 58.0 cm³/mol. The van der Waals surface area contributed by atoms with Crippen LogP contribution in [0, 0.1) is 17.1 Å². The Bertz CT molecular complexity index is 552. The van der Waals surface area contributed by atoms with Gasteiger partial charge in [0.15, 0.2) is 0 Å². The molecule has 0 aliphatic rings. The Balaban J connectivity index is 2.45. The van der Waals surface area contributed by atoms with Gasteiger partial charge in [0.1, 0.15) is 5.82 Å². The maximum Gasteiger partial charge on any atom is 0.132 e. The maximum atomic E-state index is 13.6. The van der Waals surface area contributed by atoms with E-state index >= 15 is 0 Å². The number of hydrogen-bond donors (Lipinski definition) is 0. The van der Waals surface area contributed by atoms with Gasteiger partial charge in [0.2, 0.25) is 0 Å². The topological polar surface area (TPSA) is 41.6 Å². The summed E-state index contributed by atoms with van der Waals surface area (Å²) in [5, 5.41) is 12.7. The van der Waals surface area contributed by atoms with Crippen LogP contribution in [0.25, 0.3) is 11.1 Å². The Hall–Kier alpha value is -2.15. The van der Waals surface area contributed by atoms with Crippen molar-refractivity contribution in [2.24, 2.45) is 0 Å². The van der Waals surface area contributed by atoms with Crippen molar-refractivity contribution in [1.29, 1.82) is 5.26 Å². The van der Waals surface area contributed by atoms with Crippen molar-refractivity contribution in [3.63, 3.8) is 0 Å². The summed E-state index contributed by atoms with van der Waals surface area (Å²) in [5.41, 5.74) is 1.52. The highest BCUT2D eigenvalue weighted by Gasteiger charge is 2.07. The van der Waals surface area contributed by atoms with Gasteiger partial charge in [0.05, 0.1) is 17.8 Å². The third-order valence-corrected chi connectivity index (χ3v) is 2.37. The van der Waals surface area contributed by atoms with Crippen LogP contribution in [0.5, 0.6) is 0 Å². The lowest BCUT2D eigenvalue weighted by molar-refractivity contribution is 0.630. The van der Waals surface area contributed by atoms with Crippen LogP contribution in [0.15, 0.2) is 30.6 Å². The molecule has 0 saturated carbocycles. The van der Waals surface area contributed by atoms with Gasteiger partial charge >= 0.3 is 0 Å². The summed E-state index contributed by atoms with van der Waals surface area (Å²) in [6, 6.07) is 6.34. The lowest BCUT2D eigenvalue weighted by atomic mass is 10.1. The quantitative estimate of drug-likeness (QED) is 0.772. The van der Waals surface area contributed by atoms with E-state index in [1.54, 1.807) is 29.2 Å². The molecule has 0 fully saturated rings. The van der Waals surface area contributed by atoms with E-state index in [9.17, 15) is 4.39 Å². The first-order valence-electron chi connectivity index (χ1n) is 4.97. The summed E-state index contributed by atoms with van der Waals surface area (Å²) in [4.78, 5) is 0. The Morgan fingerprint density at radius 2 is 2.31 bits per heavy atom. The summed E-state index contributed by atoms with van der Waals surface area (Å²) in [7, 11) is 0. The van der Waals surface area contributed by atoms with Gasteiger partial charge in [-0.3, -0.25) is 4.68 Å². The Morgan fingerprint density at radius 1 is 1.50 bits per heavy atom. The molecule has 16 heavy (non-hydrogen) atoms. The number of hydrogen-bond acceptors (Lipinski definition) is 2. The van der Waals surface area contributed by atoms with Crippen LogP contribution in [0.3, 0.4) is 0 Å². The second-order valence-electron chi connectivity index (χ2n) is 3.39. The van der Waals surface area contributed by atoms with Gasteiger partial charge in [-0.1, -0.05) is 6.07 Å². The molecule has 2 aromatic rings. The fraction of sp³-hybridized carbons (Fsp3) is 0.167. The molecule has 0 amide bonds. The van der Waals surface area contributed by atoms with E-state index < -0.39 is 5.82 Å². The van der Waals surface area contributed by atoms with Crippen LogP contribution >= 0.6 is 0 Å². The fourth-order valence-corrected chi connectivity index (χ4v) is 1.49. The zero-order valence-electron chi connectivity index (χ0n) is 8.81. The average molecular weight is 215 g/mol. The molecule has 0 aliphatic carbocycles. The molecular formula is C12H10FN3. The Kier molecular flexibility index (Phi) is 2.69. The van der Waals surface area contributed by atoms with Gasteiger partial charge < -0.3 is 0 Å². The van der Waals surface area contributed by atoms with Crippen molar-refractivity contribution in [2.45, 2.75) is 13.5 Å². The number of nitrogens with zero attached hydrogens (tertiary/aromatic N) is 3. The van der Waals surface area contributed by atoms with Gasteiger partial charge in [0, 0.05) is 23.9 Å². The average Bonchev–Trinajstić information content (AvgIpc) is 2.77. The van der Waals surface area contributed by atoms with E-state index in [4.69, 9.17) is 5.26 Å². The standard InChI is InChI=1S/C12H10FN3/c1-2-16-8-10(7-15-16)11-4-3-9(6-14)5-12(11)13/h3-5,7-8H,2H2,1H3. The second kappa shape index (κ2) is 4.15. The Morgan fingerprint density at radius 3 is 2.88 bits per heavy atom. The molecule has 1 aromatic heterocycles. The first-order valence-corrected chi connectivity index (χ1v) is 4.97. The second-order valence-corrected chi connectivity index (χ2v) is 3.39. The van der Waals surface area contributed by atoms with Crippen molar-refractivity contribution in [3.8, 4) is 17.2 Å². The van der Waals surface area contributed by atoms with Crippen molar-refractivity contribution in [1.82, 2.24) is 9.78 Å². The molecule has 0 atom stereocenters. The molecule has 0 aliphatic heterocycles. The monoisotopic (exact) mass is 215 g/mol. The molecule has 0 N–H and O–H groups in total. The van der Waals surface area contributed by atoms with E-state index in [2.05, 4.69) is 5.10 Å². The van der Waals surface area contributed by atoms with E-state index in [-0.39, 0.29) is 0 Å². The third-order valence-electron chi connectivity index (χ3n) is 2.37. The molecule has 0 unspecified atom stereocenters. The molecule has 80 valence electrons. The van der Waals surface area contributed by atoms with Gasteiger partial charge in [-0.2, -0.15) is 10.4 Å². The van der Waals surface area contributed by atoms with Crippen molar-refractivity contribution in [2.75, 3.05) is 0 Å². The van der Waals surface area contributed by atoms with Crippen molar-refractivity contribution in [3.05, 3.63) is 42.0 Å². The highest BCUT2D eigenvalue weighted by Crippen LogP contribution is 2.22. The zero-order valence-corrected chi connectivity index (χ0v) is 8.81. The maximum absolute atomic E-state index is 13.6. The number of aromatic nitrogens is 2. The predicted octanol–water partition coefficient (Wildman–Crippen LogP) is 2.58. The normalized spacial score (nSPS) is 10.1. The summed E-state index contributed by atoms with van der Waals surface area (Å²) in [6.45, 7) is 2.71. The summed E-state index contributed by atoms with van der Waals surface area (Å²) >= 11 is 0. The van der Waals surface area contributed by atoms with Crippen molar-refractivity contribution < 1.29 is 4.39 Å². The number of halogens is 1. The van der Waals surface area contributed by atoms with Crippen LogP contribution in [0.4, 0.5) is 4.39 Å². The van der Waals surface area contributed by atoms with Crippen LogP contribution < -0.4 is 0 Å². The zero-order chi connectivity index (χ0) is 11.5. The van der Waals surface area contributed by atoms with E-state index in [0.717, 1.165) is 12.1 Å². The number of rotatable bonds is 2. The Labute approximate surface area is 92.7 Å². The highest BCUT2D eigenvalue weighted by atomic mass is 19.1. The smallest absolute Gasteiger partial charge is 0.132 e. The van der Waals surface area contributed by atoms with Gasteiger partial charge in [-0.05, 0) is 19.1 Å². The van der Waals surface area contributed by atoms with Gasteiger partial charge in [-0.15, -0.1) is 0 Å². The first kappa shape index (κ1) is 10.4. The molecule has 0 bridgehead atoms. The minimum atomic E-state index is -0.394. The molecule has 0 radical (unpaired) electrons. The van der Waals surface area contributed by atoms with Gasteiger partial charge in [-0.25, -0.2) is 4.39 Å². The van der Waals surface area contributed by atoms with Gasteiger partial charge in [0.25, 0.3) is 0 Å². The van der Waals surface area contributed by atoms with E-state index in [1.807, 2.05) is 13.0 Å². The fourth-order valence-electron chi connectivity index (χ4n) is 1.49. The molecule has 1 aromatic carbocycles. The lowest BCUT2D eigenvalue weighted by Gasteiger charge is -1.99.